The van der Waals surface area contributed by atoms with Crippen molar-refractivity contribution in [1.82, 2.24) is 5.32 Å². The SMILES string of the molecule is OCC(NCC1CO1)c1ccccc1. The summed E-state index contributed by atoms with van der Waals surface area (Å²) in [6.07, 6.45) is 0.354. The first kappa shape index (κ1) is 9.65. The summed E-state index contributed by atoms with van der Waals surface area (Å²) >= 11 is 0. The Balaban J connectivity index is 1.90. The van der Waals surface area contributed by atoms with Crippen LogP contribution in [-0.2, 0) is 4.74 Å². The first-order chi connectivity index (χ1) is 6.90. The maximum absolute atomic E-state index is 9.21. The van der Waals surface area contributed by atoms with E-state index in [0.717, 1.165) is 18.7 Å². The standard InChI is InChI=1S/C11H15NO2/c13-7-11(12-6-10-8-14-10)9-4-2-1-3-5-9/h1-5,10-13H,6-8H2. The van der Waals surface area contributed by atoms with Gasteiger partial charge in [-0.25, -0.2) is 0 Å². The van der Waals surface area contributed by atoms with Gasteiger partial charge >= 0.3 is 0 Å². The van der Waals surface area contributed by atoms with Gasteiger partial charge in [-0.3, -0.25) is 0 Å². The fourth-order valence-corrected chi connectivity index (χ4v) is 1.43. The lowest BCUT2D eigenvalue weighted by Crippen LogP contribution is -2.27. The number of aliphatic hydroxyl groups is 1. The minimum absolute atomic E-state index is 0.0281. The molecule has 1 aromatic rings. The molecule has 0 saturated carbocycles. The van der Waals surface area contributed by atoms with E-state index in [-0.39, 0.29) is 12.6 Å². The molecule has 0 amide bonds. The van der Waals surface area contributed by atoms with E-state index >= 15 is 0 Å². The lowest BCUT2D eigenvalue weighted by Gasteiger charge is -2.15. The Kier molecular flexibility index (Phi) is 3.14. The summed E-state index contributed by atoms with van der Waals surface area (Å²) in [5.41, 5.74) is 1.12. The number of benzene rings is 1. The minimum atomic E-state index is 0.0281. The Hall–Kier alpha value is -0.900. The van der Waals surface area contributed by atoms with Crippen molar-refractivity contribution in [2.75, 3.05) is 19.8 Å². The van der Waals surface area contributed by atoms with Gasteiger partial charge in [0, 0.05) is 6.54 Å². The molecular formula is C11H15NO2. The van der Waals surface area contributed by atoms with Gasteiger partial charge in [-0.2, -0.15) is 0 Å². The molecule has 2 unspecified atom stereocenters. The van der Waals surface area contributed by atoms with E-state index < -0.39 is 0 Å². The number of hydrogen-bond acceptors (Lipinski definition) is 3. The number of hydrogen-bond donors (Lipinski definition) is 2. The van der Waals surface area contributed by atoms with Crippen LogP contribution in [0, 0.1) is 0 Å². The Labute approximate surface area is 83.7 Å². The Morgan fingerprint density at radius 3 is 2.71 bits per heavy atom. The molecule has 1 heterocycles. The second-order valence-electron chi connectivity index (χ2n) is 3.51. The smallest absolute Gasteiger partial charge is 0.0934 e. The lowest BCUT2D eigenvalue weighted by atomic mass is 10.1. The number of epoxide rings is 1. The normalized spacial score (nSPS) is 21.9. The Morgan fingerprint density at radius 1 is 1.43 bits per heavy atom. The summed E-state index contributed by atoms with van der Waals surface area (Å²) in [4.78, 5) is 0. The number of ether oxygens (including phenoxy) is 1. The highest BCUT2D eigenvalue weighted by Crippen LogP contribution is 2.13. The third-order valence-corrected chi connectivity index (χ3v) is 2.38. The van der Waals surface area contributed by atoms with E-state index in [9.17, 15) is 5.11 Å². The monoisotopic (exact) mass is 193 g/mol. The second-order valence-corrected chi connectivity index (χ2v) is 3.51. The summed E-state index contributed by atoms with van der Waals surface area (Å²) in [6, 6.07) is 9.99. The third-order valence-electron chi connectivity index (χ3n) is 2.38. The summed E-state index contributed by atoms with van der Waals surface area (Å²) in [5, 5.41) is 12.5. The highest BCUT2D eigenvalue weighted by molar-refractivity contribution is 5.18. The molecule has 1 saturated heterocycles. The summed E-state index contributed by atoms with van der Waals surface area (Å²) < 4.78 is 5.10. The molecule has 2 rings (SSSR count). The van der Waals surface area contributed by atoms with Crippen LogP contribution in [0.1, 0.15) is 11.6 Å². The first-order valence-corrected chi connectivity index (χ1v) is 4.91. The fraction of sp³-hybridized carbons (Fsp3) is 0.455. The van der Waals surface area contributed by atoms with E-state index in [1.807, 2.05) is 30.3 Å². The van der Waals surface area contributed by atoms with Crippen LogP contribution in [0.2, 0.25) is 0 Å². The van der Waals surface area contributed by atoms with E-state index in [0.29, 0.717) is 6.10 Å². The van der Waals surface area contributed by atoms with E-state index in [1.165, 1.54) is 0 Å². The van der Waals surface area contributed by atoms with Gasteiger partial charge in [0.15, 0.2) is 0 Å². The second kappa shape index (κ2) is 4.55. The van der Waals surface area contributed by atoms with Gasteiger partial charge in [0.25, 0.3) is 0 Å². The quantitative estimate of drug-likeness (QED) is 0.677. The van der Waals surface area contributed by atoms with E-state index in [4.69, 9.17) is 4.74 Å². The van der Waals surface area contributed by atoms with Gasteiger partial charge in [-0.15, -0.1) is 0 Å². The van der Waals surface area contributed by atoms with Crippen molar-refractivity contribution in [3.63, 3.8) is 0 Å². The van der Waals surface area contributed by atoms with Crippen LogP contribution in [0.25, 0.3) is 0 Å². The molecule has 2 atom stereocenters. The summed E-state index contributed by atoms with van der Waals surface area (Å²) in [7, 11) is 0. The summed E-state index contributed by atoms with van der Waals surface area (Å²) in [5.74, 6) is 0. The maximum Gasteiger partial charge on any atom is 0.0934 e. The lowest BCUT2D eigenvalue weighted by molar-refractivity contribution is 0.240. The zero-order chi connectivity index (χ0) is 9.80. The highest BCUT2D eigenvalue weighted by Gasteiger charge is 2.23. The van der Waals surface area contributed by atoms with Crippen molar-refractivity contribution in [3.8, 4) is 0 Å². The molecule has 1 aliphatic rings. The van der Waals surface area contributed by atoms with E-state index in [1.54, 1.807) is 0 Å². The first-order valence-electron chi connectivity index (χ1n) is 4.91. The topological polar surface area (TPSA) is 44.8 Å². The van der Waals surface area contributed by atoms with Crippen LogP contribution in [-0.4, -0.2) is 31.0 Å². The summed E-state index contributed by atoms with van der Waals surface area (Å²) in [6.45, 7) is 1.79. The van der Waals surface area contributed by atoms with Crippen molar-refractivity contribution in [3.05, 3.63) is 35.9 Å². The average molecular weight is 193 g/mol. The third kappa shape index (κ3) is 2.54. The maximum atomic E-state index is 9.21. The molecule has 0 radical (unpaired) electrons. The van der Waals surface area contributed by atoms with E-state index in [2.05, 4.69) is 5.32 Å². The van der Waals surface area contributed by atoms with Gasteiger partial charge in [0.05, 0.1) is 25.4 Å². The van der Waals surface area contributed by atoms with Crippen molar-refractivity contribution in [2.24, 2.45) is 0 Å². The van der Waals surface area contributed by atoms with Crippen LogP contribution < -0.4 is 5.32 Å². The molecule has 2 N–H and O–H groups in total. The predicted octanol–water partition coefficient (Wildman–Crippen LogP) is 0.708. The molecule has 0 bridgehead atoms. The molecule has 3 nitrogen and oxygen atoms in total. The molecule has 76 valence electrons. The van der Waals surface area contributed by atoms with Gasteiger partial charge < -0.3 is 15.2 Å². The predicted molar refractivity (Wildman–Crippen MR) is 54.0 cm³/mol. The molecule has 1 aliphatic heterocycles. The van der Waals surface area contributed by atoms with Crippen molar-refractivity contribution >= 4 is 0 Å². The Bertz CT molecular complexity index is 272. The van der Waals surface area contributed by atoms with Gasteiger partial charge in [0.1, 0.15) is 0 Å². The number of nitrogens with one attached hydrogen (secondary N) is 1. The highest BCUT2D eigenvalue weighted by atomic mass is 16.6. The molecular weight excluding hydrogens is 178 g/mol. The van der Waals surface area contributed by atoms with Gasteiger partial charge in [-0.1, -0.05) is 30.3 Å². The molecule has 0 spiro atoms. The van der Waals surface area contributed by atoms with Crippen LogP contribution in [0.15, 0.2) is 30.3 Å². The van der Waals surface area contributed by atoms with Crippen LogP contribution in [0.5, 0.6) is 0 Å². The molecule has 1 aromatic carbocycles. The number of aliphatic hydroxyl groups excluding tert-OH is 1. The Morgan fingerprint density at radius 2 is 2.14 bits per heavy atom. The zero-order valence-electron chi connectivity index (χ0n) is 8.02. The largest absolute Gasteiger partial charge is 0.394 e. The van der Waals surface area contributed by atoms with Crippen molar-refractivity contribution in [1.29, 1.82) is 0 Å². The molecule has 0 aliphatic carbocycles. The molecule has 3 heteroatoms. The van der Waals surface area contributed by atoms with Crippen molar-refractivity contribution in [2.45, 2.75) is 12.1 Å². The van der Waals surface area contributed by atoms with Crippen LogP contribution in [0.4, 0.5) is 0 Å². The molecule has 1 fully saturated rings. The minimum Gasteiger partial charge on any atom is -0.394 e. The number of rotatable bonds is 5. The fourth-order valence-electron chi connectivity index (χ4n) is 1.43. The zero-order valence-corrected chi connectivity index (χ0v) is 8.02. The average Bonchev–Trinajstić information content (AvgIpc) is 3.04. The van der Waals surface area contributed by atoms with Crippen LogP contribution in [0.3, 0.4) is 0 Å². The van der Waals surface area contributed by atoms with Gasteiger partial charge in [-0.05, 0) is 5.56 Å². The van der Waals surface area contributed by atoms with Crippen LogP contribution >= 0.6 is 0 Å². The van der Waals surface area contributed by atoms with Crippen molar-refractivity contribution < 1.29 is 9.84 Å². The molecule has 14 heavy (non-hydrogen) atoms. The van der Waals surface area contributed by atoms with Gasteiger partial charge in [0.2, 0.25) is 0 Å². The molecule has 0 aromatic heterocycles.